The van der Waals surface area contributed by atoms with Crippen molar-refractivity contribution in [3.05, 3.63) is 51.4 Å². The maximum atomic E-state index is 13.0. The van der Waals surface area contributed by atoms with Crippen LogP contribution in [0.4, 0.5) is 4.39 Å². The van der Waals surface area contributed by atoms with Crippen molar-refractivity contribution in [3.8, 4) is 0 Å². The number of thiazole rings is 1. The van der Waals surface area contributed by atoms with Gasteiger partial charge in [-0.05, 0) is 29.6 Å². The second-order valence-electron chi connectivity index (χ2n) is 3.90. The summed E-state index contributed by atoms with van der Waals surface area (Å²) in [4.78, 5) is 13.8. The number of halogens is 1. The molecule has 2 heterocycles. The van der Waals surface area contributed by atoms with E-state index in [1.807, 2.05) is 12.9 Å². The number of hydrogen-bond donors (Lipinski definition) is 1. The van der Waals surface area contributed by atoms with E-state index < -0.39 is 0 Å². The fourth-order valence-corrected chi connectivity index (χ4v) is 3.36. The Balaban J connectivity index is 0.000000704. The van der Waals surface area contributed by atoms with Gasteiger partial charge in [-0.25, -0.2) is 9.37 Å². The predicted molar refractivity (Wildman–Crippen MR) is 81.6 cm³/mol. The Morgan fingerprint density at radius 1 is 1.25 bits per heavy atom. The number of thiophene rings is 1. The van der Waals surface area contributed by atoms with Crippen molar-refractivity contribution in [2.75, 3.05) is 0 Å². The van der Waals surface area contributed by atoms with Gasteiger partial charge in [0.05, 0.1) is 10.2 Å². The smallest absolute Gasteiger partial charge is 0.124 e. The van der Waals surface area contributed by atoms with Gasteiger partial charge in [0.15, 0.2) is 0 Å². The van der Waals surface area contributed by atoms with Crippen molar-refractivity contribution in [2.45, 2.75) is 13.1 Å². The minimum absolute atomic E-state index is 0.204. The van der Waals surface area contributed by atoms with Crippen molar-refractivity contribution < 1.29 is 9.18 Å². The molecule has 0 spiro atoms. The van der Waals surface area contributed by atoms with E-state index in [0.29, 0.717) is 0 Å². The fourth-order valence-electron chi connectivity index (χ4n) is 1.73. The van der Waals surface area contributed by atoms with Crippen molar-refractivity contribution in [2.24, 2.45) is 0 Å². The molecule has 1 N–H and O–H groups in total. The summed E-state index contributed by atoms with van der Waals surface area (Å²) in [6, 6.07) is 8.86. The molecule has 104 valence electrons. The normalized spacial score (nSPS) is 10.2. The molecule has 3 nitrogen and oxygen atoms in total. The first-order valence-corrected chi connectivity index (χ1v) is 7.58. The van der Waals surface area contributed by atoms with Gasteiger partial charge in [-0.15, -0.1) is 22.7 Å². The Morgan fingerprint density at radius 2 is 2.10 bits per heavy atom. The second-order valence-corrected chi connectivity index (χ2v) is 6.05. The van der Waals surface area contributed by atoms with Crippen LogP contribution in [-0.2, 0) is 17.9 Å². The lowest BCUT2D eigenvalue weighted by Gasteiger charge is -1.98. The van der Waals surface area contributed by atoms with Gasteiger partial charge in [0.1, 0.15) is 17.6 Å². The van der Waals surface area contributed by atoms with Crippen LogP contribution in [-0.4, -0.2) is 11.8 Å². The van der Waals surface area contributed by atoms with Crippen molar-refractivity contribution >= 4 is 39.7 Å². The quantitative estimate of drug-likeness (QED) is 0.800. The molecule has 0 saturated carbocycles. The first kappa shape index (κ1) is 14.8. The standard InChI is InChI=1S/C13H11FN2S2.CH2O/c14-9-3-4-11-12(6-9)18-13(16-11)8-15-7-10-2-1-5-17-10;1-2/h1-6,15H,7-8H2;1H2. The highest BCUT2D eigenvalue weighted by Gasteiger charge is 2.04. The third-order valence-electron chi connectivity index (χ3n) is 2.55. The Labute approximate surface area is 124 Å². The number of rotatable bonds is 4. The maximum absolute atomic E-state index is 13.0. The summed E-state index contributed by atoms with van der Waals surface area (Å²) in [6.45, 7) is 3.57. The lowest BCUT2D eigenvalue weighted by Crippen LogP contribution is -2.11. The molecule has 3 aromatic rings. The fraction of sp³-hybridized carbons (Fsp3) is 0.143. The van der Waals surface area contributed by atoms with Crippen LogP contribution < -0.4 is 5.32 Å². The topological polar surface area (TPSA) is 42.0 Å². The van der Waals surface area contributed by atoms with Crippen LogP contribution in [0.3, 0.4) is 0 Å². The van der Waals surface area contributed by atoms with Crippen LogP contribution in [0.1, 0.15) is 9.88 Å². The van der Waals surface area contributed by atoms with E-state index in [0.717, 1.165) is 28.3 Å². The van der Waals surface area contributed by atoms with Crippen molar-refractivity contribution in [3.63, 3.8) is 0 Å². The number of nitrogens with one attached hydrogen (secondary N) is 1. The van der Waals surface area contributed by atoms with E-state index >= 15 is 0 Å². The van der Waals surface area contributed by atoms with Gasteiger partial charge in [0.25, 0.3) is 0 Å². The number of hydrogen-bond acceptors (Lipinski definition) is 5. The van der Waals surface area contributed by atoms with Gasteiger partial charge in [-0.2, -0.15) is 0 Å². The summed E-state index contributed by atoms with van der Waals surface area (Å²) in [6.07, 6.45) is 0. The number of carbonyl (C=O) groups excluding carboxylic acids is 1. The molecule has 20 heavy (non-hydrogen) atoms. The maximum Gasteiger partial charge on any atom is 0.124 e. The molecule has 0 saturated heterocycles. The molecule has 0 radical (unpaired) electrons. The highest BCUT2D eigenvalue weighted by Crippen LogP contribution is 2.22. The van der Waals surface area contributed by atoms with Crippen LogP contribution >= 0.6 is 22.7 Å². The van der Waals surface area contributed by atoms with Crippen molar-refractivity contribution in [1.82, 2.24) is 10.3 Å². The Bertz CT molecular complexity index is 667. The number of benzene rings is 1. The Hall–Kier alpha value is -1.63. The van der Waals surface area contributed by atoms with Crippen LogP contribution in [0.5, 0.6) is 0 Å². The third kappa shape index (κ3) is 3.69. The molecule has 6 heteroatoms. The van der Waals surface area contributed by atoms with Gasteiger partial charge >= 0.3 is 0 Å². The molecule has 0 fully saturated rings. The molecular formula is C14H13FN2OS2. The minimum atomic E-state index is -0.204. The lowest BCUT2D eigenvalue weighted by atomic mass is 10.3. The number of nitrogens with zero attached hydrogens (tertiary/aromatic N) is 1. The summed E-state index contributed by atoms with van der Waals surface area (Å²) in [7, 11) is 0. The van der Waals surface area contributed by atoms with E-state index in [1.54, 1.807) is 17.4 Å². The van der Waals surface area contributed by atoms with E-state index in [4.69, 9.17) is 4.79 Å². The van der Waals surface area contributed by atoms with Gasteiger partial charge in [-0.1, -0.05) is 6.07 Å². The van der Waals surface area contributed by atoms with Gasteiger partial charge in [-0.3, -0.25) is 0 Å². The molecule has 0 unspecified atom stereocenters. The van der Waals surface area contributed by atoms with Gasteiger partial charge < -0.3 is 10.1 Å². The molecule has 0 atom stereocenters. The summed E-state index contributed by atoms with van der Waals surface area (Å²) < 4.78 is 14.0. The van der Waals surface area contributed by atoms with Crippen LogP contribution in [0.25, 0.3) is 10.2 Å². The summed E-state index contributed by atoms with van der Waals surface area (Å²) in [5.41, 5.74) is 0.870. The highest BCUT2D eigenvalue weighted by molar-refractivity contribution is 7.18. The number of carbonyl (C=O) groups is 1. The van der Waals surface area contributed by atoms with E-state index in [2.05, 4.69) is 21.7 Å². The predicted octanol–water partition coefficient (Wildman–Crippen LogP) is 3.60. The largest absolute Gasteiger partial charge is 0.307 e. The molecule has 0 bridgehead atoms. The van der Waals surface area contributed by atoms with Crippen molar-refractivity contribution in [1.29, 1.82) is 0 Å². The summed E-state index contributed by atoms with van der Waals surface area (Å²) >= 11 is 3.27. The zero-order chi connectivity index (χ0) is 14.4. The Morgan fingerprint density at radius 3 is 2.85 bits per heavy atom. The molecule has 0 aliphatic carbocycles. The SMILES string of the molecule is C=O.Fc1ccc2nc(CNCc3cccs3)sc2c1. The number of fused-ring (bicyclic) bond motifs is 1. The summed E-state index contributed by atoms with van der Waals surface area (Å²) in [5, 5.41) is 6.40. The zero-order valence-corrected chi connectivity index (χ0v) is 12.3. The van der Waals surface area contributed by atoms with E-state index in [-0.39, 0.29) is 5.82 Å². The molecule has 0 aliphatic rings. The first-order valence-electron chi connectivity index (χ1n) is 5.88. The van der Waals surface area contributed by atoms with Crippen LogP contribution in [0.15, 0.2) is 35.7 Å². The third-order valence-corrected chi connectivity index (χ3v) is 4.44. The van der Waals surface area contributed by atoms with E-state index in [9.17, 15) is 4.39 Å². The Kier molecular flexibility index (Phi) is 5.34. The molecule has 0 amide bonds. The van der Waals surface area contributed by atoms with E-state index in [1.165, 1.54) is 28.3 Å². The number of aromatic nitrogens is 1. The van der Waals surface area contributed by atoms with Crippen LogP contribution in [0.2, 0.25) is 0 Å². The molecule has 3 rings (SSSR count). The minimum Gasteiger partial charge on any atom is -0.307 e. The highest BCUT2D eigenvalue weighted by atomic mass is 32.1. The second kappa shape index (κ2) is 7.23. The van der Waals surface area contributed by atoms with Gasteiger partial charge in [0.2, 0.25) is 0 Å². The monoisotopic (exact) mass is 308 g/mol. The molecule has 0 aliphatic heterocycles. The first-order chi connectivity index (χ1) is 9.81. The molecule has 2 aromatic heterocycles. The lowest BCUT2D eigenvalue weighted by molar-refractivity contribution is -0.0979. The van der Waals surface area contributed by atoms with Gasteiger partial charge in [0, 0.05) is 18.0 Å². The molecular weight excluding hydrogens is 295 g/mol. The average Bonchev–Trinajstić information content (AvgIpc) is 3.09. The van der Waals surface area contributed by atoms with Crippen LogP contribution in [0, 0.1) is 5.82 Å². The molecule has 1 aromatic carbocycles. The average molecular weight is 308 g/mol. The zero-order valence-electron chi connectivity index (χ0n) is 10.6. The summed E-state index contributed by atoms with van der Waals surface area (Å²) in [5.74, 6) is -0.204.